The number of benzene rings is 1. The van der Waals surface area contributed by atoms with Crippen LogP contribution in [0.4, 0.5) is 0 Å². The molecule has 0 radical (unpaired) electrons. The highest BCUT2D eigenvalue weighted by Gasteiger charge is 2.20. The number of ether oxygens (including phenoxy) is 1. The Balaban J connectivity index is 0. The van der Waals surface area contributed by atoms with E-state index < -0.39 is 5.54 Å². The minimum absolute atomic E-state index is 0. The van der Waals surface area contributed by atoms with Crippen molar-refractivity contribution in [2.24, 2.45) is 5.73 Å². The molecule has 0 unspecified atom stereocenters. The predicted molar refractivity (Wildman–Crippen MR) is 95.1 cm³/mol. The van der Waals surface area contributed by atoms with E-state index in [0.717, 1.165) is 17.9 Å². The molecular formula is C15H27Cl2N3O2. The van der Waals surface area contributed by atoms with Crippen molar-refractivity contribution in [1.82, 2.24) is 10.2 Å². The Morgan fingerprint density at radius 3 is 2.23 bits per heavy atom. The van der Waals surface area contributed by atoms with Gasteiger partial charge in [0.2, 0.25) is 5.91 Å². The first kappa shape index (κ1) is 23.3. The molecule has 0 atom stereocenters. The van der Waals surface area contributed by atoms with Crippen LogP contribution in [0.1, 0.15) is 19.4 Å². The number of hydrogen-bond acceptors (Lipinski definition) is 4. The van der Waals surface area contributed by atoms with Gasteiger partial charge in [0, 0.05) is 13.1 Å². The van der Waals surface area contributed by atoms with Crippen molar-refractivity contribution in [3.8, 4) is 5.75 Å². The second kappa shape index (κ2) is 10.7. The lowest BCUT2D eigenvalue weighted by Gasteiger charge is -2.17. The van der Waals surface area contributed by atoms with E-state index in [0.29, 0.717) is 13.2 Å². The van der Waals surface area contributed by atoms with Crippen LogP contribution in [0.15, 0.2) is 24.3 Å². The monoisotopic (exact) mass is 351 g/mol. The van der Waals surface area contributed by atoms with Crippen molar-refractivity contribution in [2.45, 2.75) is 25.9 Å². The Labute approximate surface area is 145 Å². The molecule has 1 rings (SSSR count). The third-order valence-electron chi connectivity index (χ3n) is 2.77. The minimum Gasteiger partial charge on any atom is -0.492 e. The normalized spacial score (nSPS) is 10.5. The molecule has 22 heavy (non-hydrogen) atoms. The largest absolute Gasteiger partial charge is 0.492 e. The van der Waals surface area contributed by atoms with Crippen LogP contribution in [-0.2, 0) is 11.3 Å². The highest BCUT2D eigenvalue weighted by molar-refractivity contribution is 5.85. The molecule has 0 aliphatic carbocycles. The van der Waals surface area contributed by atoms with E-state index in [2.05, 4.69) is 10.2 Å². The van der Waals surface area contributed by atoms with Crippen LogP contribution in [0.2, 0.25) is 0 Å². The summed E-state index contributed by atoms with van der Waals surface area (Å²) in [7, 11) is 4.02. The van der Waals surface area contributed by atoms with Gasteiger partial charge in [-0.05, 0) is 45.6 Å². The molecule has 0 fully saturated rings. The average Bonchev–Trinajstić information content (AvgIpc) is 2.36. The highest BCUT2D eigenvalue weighted by Crippen LogP contribution is 2.12. The maximum Gasteiger partial charge on any atom is 0.239 e. The number of nitrogens with zero attached hydrogens (tertiary/aromatic N) is 1. The smallest absolute Gasteiger partial charge is 0.239 e. The lowest BCUT2D eigenvalue weighted by atomic mass is 10.1. The average molecular weight is 352 g/mol. The van der Waals surface area contributed by atoms with E-state index in [4.69, 9.17) is 10.5 Å². The number of nitrogens with one attached hydrogen (secondary N) is 1. The van der Waals surface area contributed by atoms with Gasteiger partial charge >= 0.3 is 0 Å². The molecule has 0 aromatic heterocycles. The van der Waals surface area contributed by atoms with Crippen molar-refractivity contribution in [3.05, 3.63) is 29.8 Å². The van der Waals surface area contributed by atoms with Crippen molar-refractivity contribution in [2.75, 3.05) is 27.2 Å². The Morgan fingerprint density at radius 2 is 1.77 bits per heavy atom. The summed E-state index contributed by atoms with van der Waals surface area (Å²) in [6.07, 6.45) is 0. The molecule has 0 heterocycles. The number of hydrogen-bond donors (Lipinski definition) is 2. The molecule has 0 bridgehead atoms. The Kier molecular flexibility index (Phi) is 11.3. The number of carbonyl (C=O) groups is 1. The predicted octanol–water partition coefficient (Wildman–Crippen LogP) is 1.82. The van der Waals surface area contributed by atoms with E-state index in [-0.39, 0.29) is 30.7 Å². The van der Waals surface area contributed by atoms with Crippen LogP contribution < -0.4 is 15.8 Å². The lowest BCUT2D eigenvalue weighted by molar-refractivity contribution is -0.125. The van der Waals surface area contributed by atoms with Crippen molar-refractivity contribution < 1.29 is 9.53 Å². The summed E-state index contributed by atoms with van der Waals surface area (Å²) in [5, 5.41) is 2.81. The number of nitrogens with two attached hydrogens (primary N) is 1. The quantitative estimate of drug-likeness (QED) is 0.786. The van der Waals surface area contributed by atoms with Gasteiger partial charge in [-0.1, -0.05) is 12.1 Å². The highest BCUT2D eigenvalue weighted by atomic mass is 35.5. The zero-order chi connectivity index (χ0) is 15.2. The number of carbonyl (C=O) groups excluding carboxylic acids is 1. The van der Waals surface area contributed by atoms with E-state index in [9.17, 15) is 4.79 Å². The standard InChI is InChI=1S/C15H25N3O2.2ClH/c1-15(2,16)14(19)17-11-12-5-7-13(8-6-12)20-10-9-18(3)4;;/h5-8H,9-11,16H2,1-4H3,(H,17,19);2*1H. The third-order valence-corrected chi connectivity index (χ3v) is 2.77. The molecule has 7 heteroatoms. The lowest BCUT2D eigenvalue weighted by Crippen LogP contribution is -2.48. The SMILES string of the molecule is CN(C)CCOc1ccc(CNC(=O)C(C)(C)N)cc1.Cl.Cl. The first-order valence-electron chi connectivity index (χ1n) is 6.72. The molecule has 3 N–H and O–H groups in total. The van der Waals surface area contributed by atoms with Gasteiger partial charge in [0.25, 0.3) is 0 Å². The maximum atomic E-state index is 11.6. The van der Waals surface area contributed by atoms with Crippen molar-refractivity contribution >= 4 is 30.7 Å². The van der Waals surface area contributed by atoms with Crippen LogP contribution in [0.25, 0.3) is 0 Å². The van der Waals surface area contributed by atoms with E-state index in [1.54, 1.807) is 13.8 Å². The molecule has 1 amide bonds. The molecule has 0 saturated carbocycles. The van der Waals surface area contributed by atoms with Crippen molar-refractivity contribution in [3.63, 3.8) is 0 Å². The third kappa shape index (κ3) is 9.10. The molecule has 0 aliphatic heterocycles. The number of rotatable bonds is 7. The summed E-state index contributed by atoms with van der Waals surface area (Å²) in [4.78, 5) is 13.7. The summed E-state index contributed by atoms with van der Waals surface area (Å²) < 4.78 is 5.60. The minimum atomic E-state index is -0.852. The molecule has 1 aromatic carbocycles. The van der Waals surface area contributed by atoms with Gasteiger partial charge < -0.3 is 20.7 Å². The molecular weight excluding hydrogens is 325 g/mol. The van der Waals surface area contributed by atoms with E-state index >= 15 is 0 Å². The summed E-state index contributed by atoms with van der Waals surface area (Å²) in [6.45, 7) is 5.37. The Morgan fingerprint density at radius 1 is 1.23 bits per heavy atom. The second-order valence-electron chi connectivity index (χ2n) is 5.70. The van der Waals surface area contributed by atoms with Gasteiger partial charge in [0.05, 0.1) is 5.54 Å². The van der Waals surface area contributed by atoms with Crippen LogP contribution in [-0.4, -0.2) is 43.6 Å². The fraction of sp³-hybridized carbons (Fsp3) is 0.533. The number of amides is 1. The molecule has 1 aromatic rings. The summed E-state index contributed by atoms with van der Waals surface area (Å²) in [6, 6.07) is 7.69. The molecule has 128 valence electrons. The van der Waals surface area contributed by atoms with E-state index in [1.807, 2.05) is 38.4 Å². The molecule has 0 aliphatic rings. The first-order valence-corrected chi connectivity index (χ1v) is 6.72. The Bertz CT molecular complexity index is 431. The maximum absolute atomic E-state index is 11.6. The number of likely N-dealkylation sites (N-methyl/N-ethyl adjacent to an activating group) is 1. The zero-order valence-corrected chi connectivity index (χ0v) is 15.2. The van der Waals surface area contributed by atoms with Crippen LogP contribution in [0.3, 0.4) is 0 Å². The molecule has 5 nitrogen and oxygen atoms in total. The van der Waals surface area contributed by atoms with E-state index in [1.165, 1.54) is 0 Å². The van der Waals surface area contributed by atoms with Gasteiger partial charge in [0.15, 0.2) is 0 Å². The Hall–Kier alpha value is -1.01. The fourth-order valence-corrected chi connectivity index (χ4v) is 1.46. The molecule has 0 saturated heterocycles. The van der Waals surface area contributed by atoms with Gasteiger partial charge in [0.1, 0.15) is 12.4 Å². The van der Waals surface area contributed by atoms with Crippen LogP contribution in [0.5, 0.6) is 5.75 Å². The van der Waals surface area contributed by atoms with Crippen LogP contribution in [0, 0.1) is 0 Å². The van der Waals surface area contributed by atoms with Gasteiger partial charge in [-0.3, -0.25) is 4.79 Å². The fourth-order valence-electron chi connectivity index (χ4n) is 1.46. The summed E-state index contributed by atoms with van der Waals surface area (Å²) in [5.74, 6) is 0.671. The van der Waals surface area contributed by atoms with Gasteiger partial charge in [-0.2, -0.15) is 0 Å². The topological polar surface area (TPSA) is 67.6 Å². The van der Waals surface area contributed by atoms with Gasteiger partial charge in [-0.25, -0.2) is 0 Å². The first-order chi connectivity index (χ1) is 9.29. The zero-order valence-electron chi connectivity index (χ0n) is 13.6. The van der Waals surface area contributed by atoms with Crippen molar-refractivity contribution in [1.29, 1.82) is 0 Å². The number of halogens is 2. The summed E-state index contributed by atoms with van der Waals surface area (Å²) >= 11 is 0. The second-order valence-corrected chi connectivity index (χ2v) is 5.70. The van der Waals surface area contributed by atoms with Crippen LogP contribution >= 0.6 is 24.8 Å². The van der Waals surface area contributed by atoms with Gasteiger partial charge in [-0.15, -0.1) is 24.8 Å². The molecule has 0 spiro atoms. The summed E-state index contributed by atoms with van der Waals surface area (Å²) in [5.41, 5.74) is 5.87.